The first kappa shape index (κ1) is 20.6. The third kappa shape index (κ3) is 3.87. The minimum absolute atomic E-state index is 0.0306. The number of hydrogen-bond acceptors (Lipinski definition) is 3. The number of nitrogens with zero attached hydrogens (tertiary/aromatic N) is 2. The van der Waals surface area contributed by atoms with Crippen molar-refractivity contribution in [2.24, 2.45) is 11.8 Å². The highest BCUT2D eigenvalue weighted by Gasteiger charge is 2.54. The van der Waals surface area contributed by atoms with Gasteiger partial charge in [0, 0.05) is 29.9 Å². The quantitative estimate of drug-likeness (QED) is 0.765. The van der Waals surface area contributed by atoms with Crippen molar-refractivity contribution in [2.45, 2.75) is 69.4 Å². The second-order valence-corrected chi connectivity index (χ2v) is 9.72. The molecule has 0 radical (unpaired) electrons. The summed E-state index contributed by atoms with van der Waals surface area (Å²) >= 11 is 0. The molecule has 5 rings (SSSR count). The Morgan fingerprint density at radius 2 is 1.71 bits per heavy atom. The highest BCUT2D eigenvalue weighted by molar-refractivity contribution is 5.88. The molecular formula is C26H32N2O3. The molecule has 5 nitrogen and oxygen atoms in total. The van der Waals surface area contributed by atoms with Gasteiger partial charge < -0.3 is 14.9 Å². The fourth-order valence-corrected chi connectivity index (χ4v) is 6.14. The smallest absolute Gasteiger partial charge is 0.242 e. The Morgan fingerprint density at radius 3 is 2.39 bits per heavy atom. The van der Waals surface area contributed by atoms with Crippen molar-refractivity contribution in [3.8, 4) is 11.8 Å². The van der Waals surface area contributed by atoms with Gasteiger partial charge in [-0.2, -0.15) is 0 Å². The van der Waals surface area contributed by atoms with Gasteiger partial charge in [0.15, 0.2) is 0 Å². The Morgan fingerprint density at radius 1 is 1.03 bits per heavy atom. The van der Waals surface area contributed by atoms with Gasteiger partial charge in [0.05, 0.1) is 25.2 Å². The van der Waals surface area contributed by atoms with Gasteiger partial charge in [0.25, 0.3) is 0 Å². The summed E-state index contributed by atoms with van der Waals surface area (Å²) in [5.74, 6) is 7.52. The molecule has 2 heterocycles. The monoisotopic (exact) mass is 420 g/mol. The van der Waals surface area contributed by atoms with Crippen LogP contribution in [-0.2, 0) is 9.59 Å². The van der Waals surface area contributed by atoms with Gasteiger partial charge in [-0.3, -0.25) is 9.59 Å². The molecule has 0 unspecified atom stereocenters. The molecule has 1 aromatic carbocycles. The highest BCUT2D eigenvalue weighted by atomic mass is 16.3. The maximum atomic E-state index is 12.9. The lowest BCUT2D eigenvalue weighted by atomic mass is 9.73. The minimum atomic E-state index is -0.198. The molecule has 2 aliphatic carbocycles. The lowest BCUT2D eigenvalue weighted by molar-refractivity contribution is -0.168. The van der Waals surface area contributed by atoms with Crippen molar-refractivity contribution >= 4 is 11.8 Å². The number of hydrogen-bond donors (Lipinski definition) is 1. The zero-order valence-electron chi connectivity index (χ0n) is 18.1. The number of aliphatic hydroxyl groups is 1. The van der Waals surface area contributed by atoms with Gasteiger partial charge in [-0.05, 0) is 43.4 Å². The third-order valence-electron chi connectivity index (χ3n) is 7.84. The van der Waals surface area contributed by atoms with E-state index in [0.29, 0.717) is 12.5 Å². The lowest BCUT2D eigenvalue weighted by Gasteiger charge is -2.59. The second kappa shape index (κ2) is 8.67. The average Bonchev–Trinajstić information content (AvgIpc) is 3.48. The van der Waals surface area contributed by atoms with E-state index in [1.807, 2.05) is 4.90 Å². The molecule has 164 valence electrons. The van der Waals surface area contributed by atoms with E-state index in [0.717, 1.165) is 36.8 Å². The maximum Gasteiger partial charge on any atom is 0.242 e. The molecule has 31 heavy (non-hydrogen) atoms. The van der Waals surface area contributed by atoms with Crippen LogP contribution in [0.25, 0.3) is 0 Å². The molecule has 2 saturated heterocycles. The van der Waals surface area contributed by atoms with Crippen LogP contribution in [0.2, 0.25) is 0 Å². The summed E-state index contributed by atoms with van der Waals surface area (Å²) in [6.45, 7) is 0.683. The number of benzene rings is 1. The summed E-state index contributed by atoms with van der Waals surface area (Å²) < 4.78 is 0. The fraction of sp³-hybridized carbons (Fsp3) is 0.615. The SMILES string of the molecule is O=C(C1CCCC1)N1CC(=O)N2[C@H](CO)[C@H](c3ccc(C#CC4CCCC4)cc3)[C@H]2C1. The number of fused-ring (bicyclic) bond motifs is 1. The Labute approximate surface area is 184 Å². The normalized spacial score (nSPS) is 28.8. The van der Waals surface area contributed by atoms with E-state index >= 15 is 0 Å². The van der Waals surface area contributed by atoms with Crippen molar-refractivity contribution in [3.05, 3.63) is 35.4 Å². The predicted octanol–water partition coefficient (Wildman–Crippen LogP) is 2.92. The van der Waals surface area contributed by atoms with Gasteiger partial charge in [-0.25, -0.2) is 0 Å². The van der Waals surface area contributed by atoms with Crippen LogP contribution >= 0.6 is 0 Å². The van der Waals surface area contributed by atoms with Crippen molar-refractivity contribution < 1.29 is 14.7 Å². The summed E-state index contributed by atoms with van der Waals surface area (Å²) in [6.07, 6.45) is 9.13. The van der Waals surface area contributed by atoms with E-state index < -0.39 is 0 Å². The molecule has 1 aromatic rings. The van der Waals surface area contributed by atoms with Crippen molar-refractivity contribution in [1.29, 1.82) is 0 Å². The zero-order valence-corrected chi connectivity index (χ0v) is 18.1. The van der Waals surface area contributed by atoms with Crippen LogP contribution in [0.5, 0.6) is 0 Å². The van der Waals surface area contributed by atoms with E-state index in [2.05, 4.69) is 36.1 Å². The number of aliphatic hydroxyl groups excluding tert-OH is 1. The van der Waals surface area contributed by atoms with Gasteiger partial charge in [-0.15, -0.1) is 0 Å². The van der Waals surface area contributed by atoms with E-state index in [1.54, 1.807) is 4.90 Å². The van der Waals surface area contributed by atoms with E-state index in [1.165, 1.54) is 25.7 Å². The Kier molecular flexibility index (Phi) is 5.75. The first-order chi connectivity index (χ1) is 15.2. The summed E-state index contributed by atoms with van der Waals surface area (Å²) in [4.78, 5) is 29.3. The summed E-state index contributed by atoms with van der Waals surface area (Å²) in [5.41, 5.74) is 2.14. The summed E-state index contributed by atoms with van der Waals surface area (Å²) in [6, 6.07) is 8.05. The molecular weight excluding hydrogens is 388 g/mol. The van der Waals surface area contributed by atoms with Gasteiger partial charge in [0.1, 0.15) is 0 Å². The molecule has 4 aliphatic rings. The summed E-state index contributed by atoms with van der Waals surface area (Å²) in [7, 11) is 0. The van der Waals surface area contributed by atoms with Crippen LogP contribution in [0.15, 0.2) is 24.3 Å². The average molecular weight is 421 g/mol. The van der Waals surface area contributed by atoms with Crippen LogP contribution in [-0.4, -0.2) is 58.5 Å². The standard InChI is InChI=1S/C26H32N2O3/c29-17-23-25(20-13-11-19(12-14-20)10-9-18-5-1-2-6-18)22-15-27(16-24(30)28(22)23)26(31)21-7-3-4-8-21/h11-14,18,21-23,25,29H,1-8,15-17H2/t22-,23-,25-/m1/s1. The zero-order chi connectivity index (χ0) is 21.4. The Bertz CT molecular complexity index is 887. The van der Waals surface area contributed by atoms with Crippen LogP contribution in [0, 0.1) is 23.7 Å². The first-order valence-electron chi connectivity index (χ1n) is 12.0. The molecule has 0 bridgehead atoms. The molecule has 0 aromatic heterocycles. The topological polar surface area (TPSA) is 60.9 Å². The van der Waals surface area contributed by atoms with E-state index in [9.17, 15) is 14.7 Å². The largest absolute Gasteiger partial charge is 0.394 e. The van der Waals surface area contributed by atoms with Gasteiger partial charge >= 0.3 is 0 Å². The Hall–Kier alpha value is -2.32. The number of piperazine rings is 1. The van der Waals surface area contributed by atoms with Crippen LogP contribution in [0.3, 0.4) is 0 Å². The molecule has 2 saturated carbocycles. The van der Waals surface area contributed by atoms with Gasteiger partial charge in [0.2, 0.25) is 11.8 Å². The minimum Gasteiger partial charge on any atom is -0.394 e. The Balaban J connectivity index is 1.31. The lowest BCUT2D eigenvalue weighted by Crippen LogP contribution is -2.73. The predicted molar refractivity (Wildman–Crippen MR) is 118 cm³/mol. The van der Waals surface area contributed by atoms with Gasteiger partial charge in [-0.1, -0.05) is 49.7 Å². The van der Waals surface area contributed by atoms with Crippen LogP contribution in [0.4, 0.5) is 0 Å². The number of carbonyl (C=O) groups excluding carboxylic acids is 2. The molecule has 3 atom stereocenters. The molecule has 2 amide bonds. The third-order valence-corrected chi connectivity index (χ3v) is 7.84. The van der Waals surface area contributed by atoms with Crippen molar-refractivity contribution in [1.82, 2.24) is 9.80 Å². The number of carbonyl (C=O) groups is 2. The first-order valence-corrected chi connectivity index (χ1v) is 12.0. The molecule has 5 heteroatoms. The van der Waals surface area contributed by atoms with Crippen LogP contribution in [0.1, 0.15) is 68.4 Å². The van der Waals surface area contributed by atoms with Crippen molar-refractivity contribution in [2.75, 3.05) is 19.7 Å². The molecule has 2 aliphatic heterocycles. The van der Waals surface area contributed by atoms with Crippen molar-refractivity contribution in [3.63, 3.8) is 0 Å². The van der Waals surface area contributed by atoms with E-state index in [-0.39, 0.29) is 48.9 Å². The molecule has 1 N–H and O–H groups in total. The summed E-state index contributed by atoms with van der Waals surface area (Å²) in [5, 5.41) is 9.99. The van der Waals surface area contributed by atoms with Crippen LogP contribution < -0.4 is 0 Å². The fourth-order valence-electron chi connectivity index (χ4n) is 6.14. The number of amides is 2. The highest BCUT2D eigenvalue weighted by Crippen LogP contribution is 2.43. The molecule has 0 spiro atoms. The van der Waals surface area contributed by atoms with E-state index in [4.69, 9.17) is 0 Å². The second-order valence-electron chi connectivity index (χ2n) is 9.72. The number of rotatable bonds is 3. The molecule has 4 fully saturated rings. The maximum absolute atomic E-state index is 12.9.